The van der Waals surface area contributed by atoms with Crippen molar-refractivity contribution in [2.24, 2.45) is 0 Å². The van der Waals surface area contributed by atoms with Crippen LogP contribution >= 0.6 is 0 Å². The molecule has 1 aliphatic rings. The molecule has 2 N–H and O–H groups in total. The number of rotatable bonds is 4. The van der Waals surface area contributed by atoms with Crippen LogP contribution in [-0.4, -0.2) is 49.4 Å². The summed E-state index contributed by atoms with van der Waals surface area (Å²) >= 11 is 0. The quantitative estimate of drug-likeness (QED) is 0.837. The molecule has 2 aromatic heterocycles. The van der Waals surface area contributed by atoms with E-state index >= 15 is 0 Å². The van der Waals surface area contributed by atoms with Gasteiger partial charge in [0.2, 0.25) is 5.65 Å². The van der Waals surface area contributed by atoms with Crippen molar-refractivity contribution in [3.8, 4) is 0 Å². The maximum Gasteiger partial charge on any atom is 0.332 e. The zero-order valence-electron chi connectivity index (χ0n) is 11.0. The minimum absolute atomic E-state index is 0.123. The van der Waals surface area contributed by atoms with Gasteiger partial charge in [0, 0.05) is 18.9 Å². The van der Waals surface area contributed by atoms with Crippen LogP contribution in [0, 0.1) is 6.92 Å². The Morgan fingerprint density at radius 1 is 1.55 bits per heavy atom. The van der Waals surface area contributed by atoms with Crippen molar-refractivity contribution in [2.75, 3.05) is 11.9 Å². The van der Waals surface area contributed by atoms with E-state index in [-0.39, 0.29) is 6.10 Å². The summed E-state index contributed by atoms with van der Waals surface area (Å²) in [5.41, 5.74) is 0.651. The molecule has 0 amide bonds. The monoisotopic (exact) mass is 277 g/mol. The second kappa shape index (κ2) is 5.04. The van der Waals surface area contributed by atoms with E-state index in [1.807, 2.05) is 11.3 Å². The lowest BCUT2D eigenvalue weighted by Crippen LogP contribution is -2.24. The van der Waals surface area contributed by atoms with Gasteiger partial charge in [-0.15, -0.1) is 10.2 Å². The number of nitrogens with zero attached hydrogens (tertiary/aromatic N) is 4. The molecule has 3 rings (SSSR count). The number of hydrogen-bond acceptors (Lipinski definition) is 6. The molecule has 0 radical (unpaired) electrons. The van der Waals surface area contributed by atoms with Crippen LogP contribution in [0.5, 0.6) is 0 Å². The van der Waals surface area contributed by atoms with Gasteiger partial charge in [0.15, 0.2) is 11.9 Å². The van der Waals surface area contributed by atoms with Crippen LogP contribution in [0.25, 0.3) is 5.65 Å². The smallest absolute Gasteiger partial charge is 0.332 e. The normalized spacial score (nSPS) is 22.2. The van der Waals surface area contributed by atoms with Crippen LogP contribution in [0.1, 0.15) is 18.7 Å². The summed E-state index contributed by atoms with van der Waals surface area (Å²) in [5, 5.41) is 20.1. The number of nitrogens with one attached hydrogen (secondary N) is 1. The average molecular weight is 277 g/mol. The summed E-state index contributed by atoms with van der Waals surface area (Å²) in [6.07, 6.45) is 3.91. The number of hydrogen-bond donors (Lipinski definition) is 2. The summed E-state index contributed by atoms with van der Waals surface area (Å²) in [5.74, 6) is 0.504. The third-order valence-electron chi connectivity index (χ3n) is 3.38. The van der Waals surface area contributed by atoms with E-state index in [0.29, 0.717) is 24.4 Å². The molecule has 1 fully saturated rings. The Morgan fingerprint density at radius 3 is 3.15 bits per heavy atom. The van der Waals surface area contributed by atoms with Gasteiger partial charge in [-0.25, -0.2) is 9.78 Å². The van der Waals surface area contributed by atoms with Crippen molar-refractivity contribution in [1.29, 1.82) is 0 Å². The Bertz CT molecular complexity index is 641. The summed E-state index contributed by atoms with van der Waals surface area (Å²) in [6.45, 7) is 2.36. The van der Waals surface area contributed by atoms with Gasteiger partial charge in [-0.1, -0.05) is 0 Å². The summed E-state index contributed by atoms with van der Waals surface area (Å²) in [6, 6.07) is 0. The second-order valence-electron chi connectivity index (χ2n) is 4.76. The largest absolute Gasteiger partial charge is 0.479 e. The average Bonchev–Trinajstić information content (AvgIpc) is 3.04. The highest BCUT2D eigenvalue weighted by Crippen LogP contribution is 2.21. The highest BCUT2D eigenvalue weighted by atomic mass is 16.5. The van der Waals surface area contributed by atoms with E-state index in [1.165, 1.54) is 0 Å². The number of ether oxygens (including phenoxy) is 1. The molecule has 8 nitrogen and oxygen atoms in total. The fourth-order valence-corrected chi connectivity index (χ4v) is 2.31. The maximum atomic E-state index is 10.8. The van der Waals surface area contributed by atoms with Gasteiger partial charge in [-0.2, -0.15) is 0 Å². The predicted octanol–water partition coefficient (Wildman–Crippen LogP) is 0.477. The van der Waals surface area contributed by atoms with Gasteiger partial charge in [0.05, 0.1) is 6.10 Å². The van der Waals surface area contributed by atoms with Crippen LogP contribution in [0.3, 0.4) is 0 Å². The summed E-state index contributed by atoms with van der Waals surface area (Å²) < 4.78 is 7.27. The molecule has 2 aromatic rings. The lowest BCUT2D eigenvalue weighted by atomic mass is 10.2. The van der Waals surface area contributed by atoms with Gasteiger partial charge in [0.25, 0.3) is 0 Å². The standard InChI is InChI=1S/C12H15N5O3/c1-7-15-16-11-10(13-4-5-17(7)11)14-6-8-2-3-9(20-8)12(18)19/h4-5,8-9H,2-3,6H2,1H3,(H,13,14)(H,18,19). The molecule has 1 aliphatic heterocycles. The van der Waals surface area contributed by atoms with Crippen LogP contribution < -0.4 is 5.32 Å². The van der Waals surface area contributed by atoms with E-state index in [2.05, 4.69) is 20.5 Å². The minimum atomic E-state index is -0.902. The molecule has 106 valence electrons. The van der Waals surface area contributed by atoms with Crippen molar-refractivity contribution in [3.05, 3.63) is 18.2 Å². The van der Waals surface area contributed by atoms with Gasteiger partial charge in [0.1, 0.15) is 5.82 Å². The fourth-order valence-electron chi connectivity index (χ4n) is 2.31. The highest BCUT2D eigenvalue weighted by molar-refractivity contribution is 5.72. The number of anilines is 1. The molecule has 3 heterocycles. The molecular formula is C12H15N5O3. The maximum absolute atomic E-state index is 10.8. The lowest BCUT2D eigenvalue weighted by Gasteiger charge is -2.12. The SMILES string of the molecule is Cc1nnc2c(NCC3CCC(C(=O)O)O3)nccn12. The number of aliphatic carboxylic acids is 1. The van der Waals surface area contributed by atoms with Crippen molar-refractivity contribution >= 4 is 17.4 Å². The molecule has 1 saturated heterocycles. The topological polar surface area (TPSA) is 102 Å². The predicted molar refractivity (Wildman–Crippen MR) is 69.5 cm³/mol. The van der Waals surface area contributed by atoms with Gasteiger partial charge < -0.3 is 15.2 Å². The van der Waals surface area contributed by atoms with E-state index in [9.17, 15) is 4.79 Å². The van der Waals surface area contributed by atoms with Crippen LogP contribution in [0.15, 0.2) is 12.4 Å². The number of carboxylic acid groups (broad SMARTS) is 1. The molecular weight excluding hydrogens is 262 g/mol. The van der Waals surface area contributed by atoms with E-state index in [0.717, 1.165) is 12.2 Å². The Morgan fingerprint density at radius 2 is 2.40 bits per heavy atom. The molecule has 0 aliphatic carbocycles. The second-order valence-corrected chi connectivity index (χ2v) is 4.76. The first-order valence-corrected chi connectivity index (χ1v) is 6.43. The molecule has 2 atom stereocenters. The fraction of sp³-hybridized carbons (Fsp3) is 0.500. The molecule has 0 bridgehead atoms. The summed E-state index contributed by atoms with van der Waals surface area (Å²) in [4.78, 5) is 15.0. The van der Waals surface area contributed by atoms with Crippen molar-refractivity contribution < 1.29 is 14.6 Å². The van der Waals surface area contributed by atoms with E-state index in [1.54, 1.807) is 12.4 Å². The molecule has 2 unspecified atom stereocenters. The third-order valence-corrected chi connectivity index (χ3v) is 3.38. The van der Waals surface area contributed by atoms with E-state index < -0.39 is 12.1 Å². The van der Waals surface area contributed by atoms with Crippen molar-refractivity contribution in [3.63, 3.8) is 0 Å². The molecule has 0 aromatic carbocycles. The third kappa shape index (κ3) is 2.29. The lowest BCUT2D eigenvalue weighted by molar-refractivity contribution is -0.149. The number of fused-ring (bicyclic) bond motifs is 1. The zero-order chi connectivity index (χ0) is 14.1. The number of aromatic nitrogens is 4. The zero-order valence-corrected chi connectivity index (χ0v) is 11.0. The Hall–Kier alpha value is -2.22. The van der Waals surface area contributed by atoms with Crippen molar-refractivity contribution in [2.45, 2.75) is 32.0 Å². The van der Waals surface area contributed by atoms with Crippen LogP contribution in [0.2, 0.25) is 0 Å². The first-order chi connectivity index (χ1) is 9.65. The minimum Gasteiger partial charge on any atom is -0.479 e. The van der Waals surface area contributed by atoms with Gasteiger partial charge in [-0.3, -0.25) is 4.40 Å². The van der Waals surface area contributed by atoms with Crippen LogP contribution in [0.4, 0.5) is 5.82 Å². The first-order valence-electron chi connectivity index (χ1n) is 6.43. The van der Waals surface area contributed by atoms with E-state index in [4.69, 9.17) is 9.84 Å². The molecule has 0 saturated carbocycles. The number of carboxylic acids is 1. The number of carbonyl (C=O) groups is 1. The molecule has 0 spiro atoms. The Labute approximate surface area is 114 Å². The van der Waals surface area contributed by atoms with Gasteiger partial charge >= 0.3 is 5.97 Å². The van der Waals surface area contributed by atoms with Crippen LogP contribution in [-0.2, 0) is 9.53 Å². The Kier molecular flexibility index (Phi) is 3.23. The number of aryl methyl sites for hydroxylation is 1. The Balaban J connectivity index is 1.67. The van der Waals surface area contributed by atoms with Crippen molar-refractivity contribution in [1.82, 2.24) is 19.6 Å². The highest BCUT2D eigenvalue weighted by Gasteiger charge is 2.30. The molecule has 20 heavy (non-hydrogen) atoms. The van der Waals surface area contributed by atoms with Gasteiger partial charge in [-0.05, 0) is 19.8 Å². The summed E-state index contributed by atoms with van der Waals surface area (Å²) in [7, 11) is 0. The first kappa shape index (κ1) is 12.8. The molecule has 8 heteroatoms.